The fourth-order valence-electron chi connectivity index (χ4n) is 2.81. The number of amides is 1. The maximum Gasteiger partial charge on any atom is 0.349 e. The molecule has 1 aromatic heterocycles. The van der Waals surface area contributed by atoms with Crippen molar-refractivity contribution in [3.05, 3.63) is 63.2 Å². The lowest BCUT2D eigenvalue weighted by atomic mass is 10.1. The third kappa shape index (κ3) is 4.44. The molecule has 1 amide bonds. The van der Waals surface area contributed by atoms with Gasteiger partial charge in [-0.2, -0.15) is 5.26 Å². The highest BCUT2D eigenvalue weighted by Crippen LogP contribution is 2.34. The Morgan fingerprint density at radius 2 is 2.10 bits per heavy atom. The van der Waals surface area contributed by atoms with Gasteiger partial charge in [-0.05, 0) is 37.3 Å². The number of methoxy groups -OCH3 is 1. The summed E-state index contributed by atoms with van der Waals surface area (Å²) in [6.45, 7) is 1.44. The van der Waals surface area contributed by atoms with E-state index in [4.69, 9.17) is 26.3 Å². The van der Waals surface area contributed by atoms with E-state index in [1.54, 1.807) is 12.1 Å². The average molecular weight is 447 g/mol. The molecule has 0 radical (unpaired) electrons. The molecule has 0 aliphatic carbocycles. The van der Waals surface area contributed by atoms with E-state index in [0.29, 0.717) is 21.3 Å². The van der Waals surface area contributed by atoms with Crippen LogP contribution >= 0.6 is 22.9 Å². The van der Waals surface area contributed by atoms with Crippen LogP contribution in [0.25, 0.3) is 10.1 Å². The molecule has 1 atom stereocenters. The van der Waals surface area contributed by atoms with E-state index >= 15 is 0 Å². The van der Waals surface area contributed by atoms with Crippen LogP contribution in [0.15, 0.2) is 36.4 Å². The molecule has 154 valence electrons. The first kappa shape index (κ1) is 21.7. The molecule has 0 aliphatic rings. The normalized spacial score (nSPS) is 11.7. The second-order valence-electron chi connectivity index (χ2n) is 6.30. The topological polar surface area (TPSA) is 88.4 Å². The minimum Gasteiger partial charge on any atom is -0.448 e. The van der Waals surface area contributed by atoms with Crippen LogP contribution < -0.4 is 5.32 Å². The zero-order valence-corrected chi connectivity index (χ0v) is 17.6. The van der Waals surface area contributed by atoms with E-state index in [2.05, 4.69) is 5.32 Å². The molecule has 0 saturated carbocycles. The Morgan fingerprint density at radius 3 is 2.77 bits per heavy atom. The molecule has 0 aliphatic heterocycles. The molecular formula is C21H16ClFN2O4S. The number of thiophene rings is 1. The summed E-state index contributed by atoms with van der Waals surface area (Å²) in [5.41, 5.74) is 1.01. The van der Waals surface area contributed by atoms with Gasteiger partial charge >= 0.3 is 5.97 Å². The largest absolute Gasteiger partial charge is 0.448 e. The number of carbonyl (C=O) groups is 2. The first-order chi connectivity index (χ1) is 14.3. The molecule has 1 N–H and O–H groups in total. The summed E-state index contributed by atoms with van der Waals surface area (Å²) in [5, 5.41) is 12.0. The van der Waals surface area contributed by atoms with Crippen molar-refractivity contribution >= 4 is 50.6 Å². The van der Waals surface area contributed by atoms with E-state index in [1.165, 1.54) is 38.3 Å². The first-order valence-corrected chi connectivity index (χ1v) is 9.95. The molecule has 3 rings (SSSR count). The SMILES string of the molecule is COCc1c(C(=O)O[C@@H](C)C(=O)Nc2ccc(C#N)c(Cl)c2)sc2cccc(F)c12. The molecule has 9 heteroatoms. The van der Waals surface area contributed by atoms with Crippen LogP contribution in [0.3, 0.4) is 0 Å². The Morgan fingerprint density at radius 1 is 1.33 bits per heavy atom. The van der Waals surface area contributed by atoms with Gasteiger partial charge in [0.15, 0.2) is 6.10 Å². The van der Waals surface area contributed by atoms with Crippen LogP contribution in [0.5, 0.6) is 0 Å². The molecule has 0 fully saturated rings. The molecular weight excluding hydrogens is 431 g/mol. The number of nitrogens with one attached hydrogen (secondary N) is 1. The lowest BCUT2D eigenvalue weighted by Gasteiger charge is -2.14. The van der Waals surface area contributed by atoms with E-state index in [0.717, 1.165) is 11.3 Å². The maximum absolute atomic E-state index is 14.3. The van der Waals surface area contributed by atoms with E-state index < -0.39 is 23.8 Å². The molecule has 0 bridgehead atoms. The van der Waals surface area contributed by atoms with Gasteiger partial charge in [-0.25, -0.2) is 9.18 Å². The molecule has 30 heavy (non-hydrogen) atoms. The highest BCUT2D eigenvalue weighted by molar-refractivity contribution is 7.21. The molecule has 1 heterocycles. The number of halogens is 2. The fourth-order valence-corrected chi connectivity index (χ4v) is 4.14. The molecule has 2 aromatic carbocycles. The highest BCUT2D eigenvalue weighted by Gasteiger charge is 2.25. The molecule has 0 saturated heterocycles. The van der Waals surface area contributed by atoms with Crippen molar-refractivity contribution in [2.24, 2.45) is 0 Å². The number of nitrogens with zero attached hydrogens (tertiary/aromatic N) is 1. The number of esters is 1. The first-order valence-electron chi connectivity index (χ1n) is 8.76. The summed E-state index contributed by atoms with van der Waals surface area (Å²) < 4.78 is 25.3. The van der Waals surface area contributed by atoms with Crippen LogP contribution in [0.2, 0.25) is 5.02 Å². The summed E-state index contributed by atoms with van der Waals surface area (Å²) in [5.74, 6) is -1.79. The number of nitriles is 1. The summed E-state index contributed by atoms with van der Waals surface area (Å²) in [6, 6.07) is 10.9. The summed E-state index contributed by atoms with van der Waals surface area (Å²) in [4.78, 5) is 25.3. The van der Waals surface area contributed by atoms with Crippen molar-refractivity contribution < 1.29 is 23.5 Å². The van der Waals surface area contributed by atoms with E-state index in [9.17, 15) is 14.0 Å². The van der Waals surface area contributed by atoms with Crippen LogP contribution in [0.4, 0.5) is 10.1 Å². The lowest BCUT2D eigenvalue weighted by Crippen LogP contribution is -2.30. The Balaban J connectivity index is 1.78. The fraction of sp³-hybridized carbons (Fsp3) is 0.190. The minimum absolute atomic E-state index is 0.0235. The summed E-state index contributed by atoms with van der Waals surface area (Å²) in [7, 11) is 1.44. The number of hydrogen-bond acceptors (Lipinski definition) is 6. The van der Waals surface area contributed by atoms with Crippen LogP contribution in [0.1, 0.15) is 27.7 Å². The van der Waals surface area contributed by atoms with Gasteiger partial charge < -0.3 is 14.8 Å². The van der Waals surface area contributed by atoms with Gasteiger partial charge in [-0.3, -0.25) is 4.79 Å². The van der Waals surface area contributed by atoms with Crippen LogP contribution in [0, 0.1) is 17.1 Å². The smallest absolute Gasteiger partial charge is 0.349 e. The Hall–Kier alpha value is -2.99. The number of hydrogen-bond donors (Lipinski definition) is 1. The third-order valence-electron chi connectivity index (χ3n) is 4.25. The second kappa shape index (κ2) is 9.22. The van der Waals surface area contributed by atoms with E-state index in [-0.39, 0.29) is 22.1 Å². The highest BCUT2D eigenvalue weighted by atomic mass is 35.5. The predicted molar refractivity (Wildman–Crippen MR) is 112 cm³/mol. The van der Waals surface area contributed by atoms with Gasteiger partial charge in [-0.1, -0.05) is 17.7 Å². The van der Waals surface area contributed by atoms with Gasteiger partial charge in [0.05, 0.1) is 17.2 Å². The minimum atomic E-state index is -1.13. The average Bonchev–Trinajstić information content (AvgIpc) is 3.08. The molecule has 3 aromatic rings. The number of benzene rings is 2. The van der Waals surface area contributed by atoms with Crippen molar-refractivity contribution in [1.29, 1.82) is 5.26 Å². The summed E-state index contributed by atoms with van der Waals surface area (Å²) >= 11 is 7.03. The third-order valence-corrected chi connectivity index (χ3v) is 5.74. The van der Waals surface area contributed by atoms with Gasteiger partial charge in [-0.15, -0.1) is 11.3 Å². The van der Waals surface area contributed by atoms with Crippen LogP contribution in [-0.4, -0.2) is 25.1 Å². The monoisotopic (exact) mass is 446 g/mol. The number of carbonyl (C=O) groups excluding carboxylic acids is 2. The maximum atomic E-state index is 14.3. The van der Waals surface area contributed by atoms with Gasteiger partial charge in [0.1, 0.15) is 16.8 Å². The number of anilines is 1. The van der Waals surface area contributed by atoms with Gasteiger partial charge in [0.25, 0.3) is 5.91 Å². The van der Waals surface area contributed by atoms with Crippen molar-refractivity contribution in [3.63, 3.8) is 0 Å². The van der Waals surface area contributed by atoms with Gasteiger partial charge in [0, 0.05) is 28.4 Å². The van der Waals surface area contributed by atoms with Crippen LogP contribution in [-0.2, 0) is 20.9 Å². The van der Waals surface area contributed by atoms with E-state index in [1.807, 2.05) is 6.07 Å². The quantitative estimate of drug-likeness (QED) is 0.544. The zero-order valence-electron chi connectivity index (χ0n) is 16.0. The van der Waals surface area contributed by atoms with Crippen molar-refractivity contribution in [2.75, 3.05) is 12.4 Å². The number of ether oxygens (including phenoxy) is 2. The predicted octanol–water partition coefficient (Wildman–Crippen LogP) is 4.90. The summed E-state index contributed by atoms with van der Waals surface area (Å²) in [6.07, 6.45) is -1.13. The van der Waals surface area contributed by atoms with Crippen molar-refractivity contribution in [2.45, 2.75) is 19.6 Å². The van der Waals surface area contributed by atoms with Gasteiger partial charge in [0.2, 0.25) is 0 Å². The Bertz CT molecular complexity index is 1170. The number of rotatable bonds is 6. The molecule has 0 spiro atoms. The van der Waals surface area contributed by atoms with Crippen molar-refractivity contribution in [3.8, 4) is 6.07 Å². The standard InChI is InChI=1S/C21H16ClFN2O4S/c1-11(20(26)25-13-7-6-12(9-24)15(22)8-13)29-21(27)19-14(10-28-2)18-16(23)4-3-5-17(18)30-19/h3-8,11H,10H2,1-2H3,(H,25,26)/t11-/m0/s1. The Labute approximate surface area is 180 Å². The Kier molecular flexibility index (Phi) is 6.67. The second-order valence-corrected chi connectivity index (χ2v) is 7.76. The van der Waals surface area contributed by atoms with Crippen molar-refractivity contribution in [1.82, 2.24) is 0 Å². The molecule has 6 nitrogen and oxygen atoms in total. The number of fused-ring (bicyclic) bond motifs is 1. The lowest BCUT2D eigenvalue weighted by molar-refractivity contribution is -0.123. The zero-order chi connectivity index (χ0) is 21.8. The molecule has 0 unspecified atom stereocenters.